The average Bonchev–Trinajstić information content (AvgIpc) is 3.42. The average molecular weight is 558 g/mol. The zero-order valence-corrected chi connectivity index (χ0v) is 24.3. The molecule has 2 aromatic carbocycles. The maximum absolute atomic E-state index is 13.6. The van der Waals surface area contributed by atoms with Gasteiger partial charge in [0.25, 0.3) is 0 Å². The van der Waals surface area contributed by atoms with Crippen molar-refractivity contribution >= 4 is 27.5 Å². The third kappa shape index (κ3) is 8.98. The summed E-state index contributed by atoms with van der Waals surface area (Å²) in [5, 5.41) is 3.16. The first-order valence-electron chi connectivity index (χ1n) is 14.1. The van der Waals surface area contributed by atoms with Crippen LogP contribution in [0.15, 0.2) is 54.6 Å². The number of carbonyl (C=O) groups excluding carboxylic acids is 2. The molecule has 0 spiro atoms. The predicted molar refractivity (Wildman–Crippen MR) is 155 cm³/mol. The van der Waals surface area contributed by atoms with E-state index in [1.807, 2.05) is 44.2 Å². The number of anilines is 1. The third-order valence-electron chi connectivity index (χ3n) is 7.16. The quantitative estimate of drug-likeness (QED) is 0.347. The normalized spacial score (nSPS) is 14.5. The van der Waals surface area contributed by atoms with Gasteiger partial charge in [-0.2, -0.15) is 0 Å². The Kier molecular flexibility index (Phi) is 11.7. The summed E-state index contributed by atoms with van der Waals surface area (Å²) >= 11 is 0. The van der Waals surface area contributed by atoms with Gasteiger partial charge in [0.2, 0.25) is 21.8 Å². The van der Waals surface area contributed by atoms with E-state index in [9.17, 15) is 18.0 Å². The number of benzene rings is 2. The molecule has 2 amide bonds. The molecule has 39 heavy (non-hydrogen) atoms. The van der Waals surface area contributed by atoms with E-state index < -0.39 is 16.1 Å². The van der Waals surface area contributed by atoms with Crippen LogP contribution >= 0.6 is 0 Å². The van der Waals surface area contributed by atoms with Crippen LogP contribution in [0.25, 0.3) is 0 Å². The van der Waals surface area contributed by atoms with E-state index in [2.05, 4.69) is 5.32 Å². The molecule has 8 nitrogen and oxygen atoms in total. The van der Waals surface area contributed by atoms with Crippen molar-refractivity contribution in [3.05, 3.63) is 60.2 Å². The van der Waals surface area contributed by atoms with Crippen LogP contribution in [-0.4, -0.2) is 63.2 Å². The molecule has 0 radical (unpaired) electrons. The topological polar surface area (TPSA) is 96.0 Å². The summed E-state index contributed by atoms with van der Waals surface area (Å²) in [4.78, 5) is 28.6. The molecule has 2 aromatic rings. The van der Waals surface area contributed by atoms with Crippen molar-refractivity contribution in [2.24, 2.45) is 0 Å². The third-order valence-corrected chi connectivity index (χ3v) is 8.34. The molecule has 1 unspecified atom stereocenters. The van der Waals surface area contributed by atoms with E-state index in [1.54, 1.807) is 29.2 Å². The lowest BCUT2D eigenvalue weighted by Gasteiger charge is -2.32. The van der Waals surface area contributed by atoms with Crippen LogP contribution < -0.4 is 14.4 Å². The van der Waals surface area contributed by atoms with Crippen molar-refractivity contribution in [2.75, 3.05) is 30.3 Å². The number of ether oxygens (including phenoxy) is 1. The first-order chi connectivity index (χ1) is 18.7. The van der Waals surface area contributed by atoms with E-state index in [1.165, 1.54) is 4.31 Å². The highest BCUT2D eigenvalue weighted by Gasteiger charge is 2.30. The molecule has 214 valence electrons. The Bertz CT molecular complexity index is 1170. The summed E-state index contributed by atoms with van der Waals surface area (Å²) in [5.41, 5.74) is 1.55. The van der Waals surface area contributed by atoms with Gasteiger partial charge in [-0.3, -0.25) is 13.9 Å². The number of sulfonamides is 1. The molecule has 0 aliphatic heterocycles. The van der Waals surface area contributed by atoms with E-state index in [-0.39, 0.29) is 30.8 Å². The molecule has 1 fully saturated rings. The molecule has 1 N–H and O–H groups in total. The Balaban J connectivity index is 1.73. The number of para-hydroxylation sites is 2. The maximum Gasteiger partial charge on any atom is 0.243 e. The molecule has 1 aliphatic rings. The van der Waals surface area contributed by atoms with E-state index in [0.717, 1.165) is 37.5 Å². The number of hydrogen-bond donors (Lipinski definition) is 1. The van der Waals surface area contributed by atoms with Crippen molar-refractivity contribution in [1.82, 2.24) is 10.2 Å². The second-order valence-electron chi connectivity index (χ2n) is 10.1. The summed E-state index contributed by atoms with van der Waals surface area (Å²) < 4.78 is 32.3. The van der Waals surface area contributed by atoms with Gasteiger partial charge in [0.1, 0.15) is 11.8 Å². The van der Waals surface area contributed by atoms with Gasteiger partial charge in [0, 0.05) is 25.6 Å². The lowest BCUT2D eigenvalue weighted by atomic mass is 10.1. The van der Waals surface area contributed by atoms with Crippen LogP contribution in [0.1, 0.15) is 64.4 Å². The van der Waals surface area contributed by atoms with Crippen LogP contribution in [0.4, 0.5) is 5.69 Å². The summed E-state index contributed by atoms with van der Waals surface area (Å²) in [5.74, 6) is 0.232. The Morgan fingerprint density at radius 2 is 1.67 bits per heavy atom. The zero-order valence-electron chi connectivity index (χ0n) is 23.5. The fourth-order valence-electron chi connectivity index (χ4n) is 5.19. The van der Waals surface area contributed by atoms with Crippen molar-refractivity contribution in [3.8, 4) is 5.75 Å². The SMILES string of the molecule is CCOc1ccccc1N(CCCC(=O)N(CCc1ccccc1)C(CC)C(=O)NC1CCCC1)S(C)(=O)=O. The smallest absolute Gasteiger partial charge is 0.243 e. The van der Waals surface area contributed by atoms with Crippen molar-refractivity contribution in [3.63, 3.8) is 0 Å². The minimum Gasteiger partial charge on any atom is -0.492 e. The summed E-state index contributed by atoms with van der Waals surface area (Å²) in [6.07, 6.45) is 6.93. The van der Waals surface area contributed by atoms with Gasteiger partial charge in [-0.25, -0.2) is 8.42 Å². The van der Waals surface area contributed by atoms with Gasteiger partial charge in [-0.05, 0) is 56.7 Å². The molecular weight excluding hydrogens is 514 g/mol. The second-order valence-corrected chi connectivity index (χ2v) is 12.0. The molecule has 1 aliphatic carbocycles. The predicted octanol–water partition coefficient (Wildman–Crippen LogP) is 4.54. The molecule has 9 heteroatoms. The molecule has 3 rings (SSSR count). The standard InChI is InChI=1S/C30H43N3O5S/c1-4-26(30(35)31-25-16-9-10-17-25)32(23-21-24-14-7-6-8-15-24)29(34)20-13-22-33(39(3,36)37)27-18-11-12-19-28(27)38-5-2/h6-8,11-12,14-15,18-19,25-26H,4-5,9-10,13,16-17,20-23H2,1-3H3,(H,31,35). The van der Waals surface area contributed by atoms with Crippen LogP contribution in [0, 0.1) is 0 Å². The highest BCUT2D eigenvalue weighted by molar-refractivity contribution is 7.92. The van der Waals surface area contributed by atoms with Crippen LogP contribution in [-0.2, 0) is 26.0 Å². The fourth-order valence-corrected chi connectivity index (χ4v) is 6.16. The number of carbonyl (C=O) groups is 2. The lowest BCUT2D eigenvalue weighted by Crippen LogP contribution is -2.52. The van der Waals surface area contributed by atoms with Gasteiger partial charge < -0.3 is 15.0 Å². The van der Waals surface area contributed by atoms with Crippen LogP contribution in [0.3, 0.4) is 0 Å². The van der Waals surface area contributed by atoms with Gasteiger partial charge >= 0.3 is 0 Å². The number of rotatable bonds is 15. The monoisotopic (exact) mass is 557 g/mol. The van der Waals surface area contributed by atoms with Crippen molar-refractivity contribution in [2.45, 2.75) is 77.3 Å². The number of nitrogens with one attached hydrogen (secondary N) is 1. The highest BCUT2D eigenvalue weighted by Crippen LogP contribution is 2.30. The fraction of sp³-hybridized carbons (Fsp3) is 0.533. The second kappa shape index (κ2) is 14.9. The molecule has 1 saturated carbocycles. The van der Waals surface area contributed by atoms with Gasteiger partial charge in [0.15, 0.2) is 0 Å². The molecule has 0 aromatic heterocycles. The lowest BCUT2D eigenvalue weighted by molar-refractivity contribution is -0.141. The Morgan fingerprint density at radius 1 is 1.00 bits per heavy atom. The molecule has 1 atom stereocenters. The molecular formula is C30H43N3O5S. The maximum atomic E-state index is 13.6. The van der Waals surface area contributed by atoms with Crippen molar-refractivity contribution < 1.29 is 22.7 Å². The minimum atomic E-state index is -3.61. The largest absolute Gasteiger partial charge is 0.492 e. The number of amides is 2. The van der Waals surface area contributed by atoms with Crippen LogP contribution in [0.5, 0.6) is 5.75 Å². The van der Waals surface area contributed by atoms with Crippen molar-refractivity contribution in [1.29, 1.82) is 0 Å². The Labute approximate surface area is 233 Å². The van der Waals surface area contributed by atoms with Gasteiger partial charge in [0.05, 0.1) is 18.6 Å². The highest BCUT2D eigenvalue weighted by atomic mass is 32.2. The zero-order chi connectivity index (χ0) is 28.3. The number of nitrogens with zero attached hydrogens (tertiary/aromatic N) is 2. The van der Waals surface area contributed by atoms with Gasteiger partial charge in [-0.15, -0.1) is 0 Å². The molecule has 0 heterocycles. The summed E-state index contributed by atoms with van der Waals surface area (Å²) in [7, 11) is -3.61. The number of hydrogen-bond acceptors (Lipinski definition) is 5. The van der Waals surface area contributed by atoms with E-state index >= 15 is 0 Å². The summed E-state index contributed by atoms with van der Waals surface area (Å²) in [6.45, 7) is 4.73. The first-order valence-corrected chi connectivity index (χ1v) is 15.9. The minimum absolute atomic E-state index is 0.103. The molecule has 0 saturated heterocycles. The summed E-state index contributed by atoms with van der Waals surface area (Å²) in [6, 6.07) is 16.5. The first kappa shape index (κ1) is 30.5. The Hall–Kier alpha value is -3.07. The van der Waals surface area contributed by atoms with E-state index in [4.69, 9.17) is 4.74 Å². The van der Waals surface area contributed by atoms with Gasteiger partial charge in [-0.1, -0.05) is 62.2 Å². The van der Waals surface area contributed by atoms with E-state index in [0.29, 0.717) is 43.9 Å². The molecule has 0 bridgehead atoms. The Morgan fingerprint density at radius 3 is 2.31 bits per heavy atom. The van der Waals surface area contributed by atoms with Crippen LogP contribution in [0.2, 0.25) is 0 Å².